The molecule has 7 atom stereocenters. The molecule has 156 valence electrons. The van der Waals surface area contributed by atoms with Gasteiger partial charge in [-0.05, 0) is 44.9 Å². The molecule has 8 nitrogen and oxygen atoms in total. The smallest absolute Gasteiger partial charge is 0.167 e. The minimum Gasteiger partial charge on any atom is -0.365 e. The first-order valence-electron chi connectivity index (χ1n) is 10.5. The van der Waals surface area contributed by atoms with Crippen molar-refractivity contribution in [1.82, 2.24) is 19.5 Å². The van der Waals surface area contributed by atoms with Gasteiger partial charge in [0.15, 0.2) is 29.0 Å². The second-order valence-electron chi connectivity index (χ2n) is 9.26. The van der Waals surface area contributed by atoms with Crippen LogP contribution in [0.4, 0.5) is 5.82 Å². The Kier molecular flexibility index (Phi) is 4.11. The number of anilines is 1. The Hall–Kier alpha value is -1.48. The lowest BCUT2D eigenvalue weighted by Gasteiger charge is -2.24. The van der Waals surface area contributed by atoms with E-state index in [1.165, 1.54) is 25.7 Å². The van der Waals surface area contributed by atoms with E-state index in [9.17, 15) is 0 Å². The molecule has 6 rings (SSSR count). The zero-order valence-corrected chi connectivity index (χ0v) is 17.4. The topological polar surface area (TPSA) is 83.3 Å². The summed E-state index contributed by atoms with van der Waals surface area (Å²) in [6.07, 6.45) is 7.52. The van der Waals surface area contributed by atoms with E-state index in [2.05, 4.69) is 20.3 Å². The average molecular weight is 420 g/mol. The number of alkyl halides is 1. The molecule has 0 spiro atoms. The molecule has 0 amide bonds. The minimum atomic E-state index is -0.665. The summed E-state index contributed by atoms with van der Waals surface area (Å²) in [5.41, 5.74) is 1.50. The third-order valence-corrected chi connectivity index (χ3v) is 7.27. The van der Waals surface area contributed by atoms with Crippen molar-refractivity contribution in [2.45, 2.75) is 75.9 Å². The van der Waals surface area contributed by atoms with Crippen LogP contribution < -0.4 is 5.32 Å². The van der Waals surface area contributed by atoms with Gasteiger partial charge in [-0.2, -0.15) is 0 Å². The highest BCUT2D eigenvalue weighted by molar-refractivity contribution is 6.18. The van der Waals surface area contributed by atoms with Crippen LogP contribution in [-0.2, 0) is 14.2 Å². The first-order chi connectivity index (χ1) is 14.0. The summed E-state index contributed by atoms with van der Waals surface area (Å²) in [4.78, 5) is 13.6. The van der Waals surface area contributed by atoms with Crippen molar-refractivity contribution in [2.24, 2.45) is 11.8 Å². The third kappa shape index (κ3) is 2.87. The fourth-order valence-electron chi connectivity index (χ4n) is 5.75. The van der Waals surface area contributed by atoms with Gasteiger partial charge in [0.25, 0.3) is 0 Å². The SMILES string of the molecule is CC1(C)O[C@@H]2[C@H](O1)[C@@H](CCl)O[C@H]2n1cnc2c(NC3CC4CCC3C4)ncnc21. The first kappa shape index (κ1) is 18.3. The van der Waals surface area contributed by atoms with Crippen LogP contribution in [0.2, 0.25) is 0 Å². The van der Waals surface area contributed by atoms with E-state index >= 15 is 0 Å². The van der Waals surface area contributed by atoms with E-state index in [0.717, 1.165) is 28.8 Å². The van der Waals surface area contributed by atoms with Crippen molar-refractivity contribution >= 4 is 28.6 Å². The number of hydrogen-bond donors (Lipinski definition) is 1. The fraction of sp³-hybridized carbons (Fsp3) is 0.750. The molecular weight excluding hydrogens is 394 g/mol. The van der Waals surface area contributed by atoms with Crippen molar-refractivity contribution in [2.75, 3.05) is 11.2 Å². The third-order valence-electron chi connectivity index (χ3n) is 6.97. The first-order valence-corrected chi connectivity index (χ1v) is 11.1. The zero-order valence-electron chi connectivity index (χ0n) is 16.6. The standard InChI is InChI=1S/C20H26ClN5O3/c1-20(2)28-15-13(7-21)27-19(16(15)29-20)26-9-24-14-17(22-8-23-18(14)26)25-12-6-10-3-4-11(12)5-10/h8-13,15-16,19H,3-7H2,1-2H3,(H,22,23,25)/t10?,11?,12?,13-,15-,16-,19-/m1/s1. The Bertz CT molecular complexity index is 936. The summed E-state index contributed by atoms with van der Waals surface area (Å²) in [5.74, 6) is 2.10. The Balaban J connectivity index is 1.32. The molecule has 2 saturated heterocycles. The summed E-state index contributed by atoms with van der Waals surface area (Å²) in [5, 5.41) is 3.65. The summed E-state index contributed by atoms with van der Waals surface area (Å²) < 4.78 is 20.3. The zero-order chi connectivity index (χ0) is 19.8. The average Bonchev–Trinajstić information content (AvgIpc) is 3.47. The molecule has 29 heavy (non-hydrogen) atoms. The van der Waals surface area contributed by atoms with Gasteiger partial charge in [0, 0.05) is 6.04 Å². The number of fused-ring (bicyclic) bond motifs is 4. The molecule has 4 aliphatic rings. The molecule has 2 aliphatic heterocycles. The second-order valence-corrected chi connectivity index (χ2v) is 9.56. The molecule has 2 saturated carbocycles. The van der Waals surface area contributed by atoms with E-state index < -0.39 is 5.79 Å². The molecule has 2 aromatic rings. The number of nitrogens with zero attached hydrogens (tertiary/aromatic N) is 4. The lowest BCUT2D eigenvalue weighted by molar-refractivity contribution is -0.193. The highest BCUT2D eigenvalue weighted by atomic mass is 35.5. The molecule has 2 bridgehead atoms. The highest BCUT2D eigenvalue weighted by Gasteiger charge is 2.55. The van der Waals surface area contributed by atoms with Gasteiger partial charge in [-0.25, -0.2) is 15.0 Å². The van der Waals surface area contributed by atoms with Crippen molar-refractivity contribution < 1.29 is 14.2 Å². The van der Waals surface area contributed by atoms with Crippen LogP contribution >= 0.6 is 11.6 Å². The number of hydrogen-bond acceptors (Lipinski definition) is 7. The minimum absolute atomic E-state index is 0.210. The van der Waals surface area contributed by atoms with Gasteiger partial charge in [0.05, 0.1) is 12.2 Å². The predicted octanol–water partition coefficient (Wildman–Crippen LogP) is 3.08. The van der Waals surface area contributed by atoms with Gasteiger partial charge >= 0.3 is 0 Å². The molecule has 4 heterocycles. The molecular formula is C20H26ClN5O3. The van der Waals surface area contributed by atoms with Crippen LogP contribution in [0.25, 0.3) is 11.2 Å². The Morgan fingerprint density at radius 1 is 1.17 bits per heavy atom. The van der Waals surface area contributed by atoms with E-state index in [-0.39, 0.29) is 24.5 Å². The van der Waals surface area contributed by atoms with E-state index in [1.54, 1.807) is 12.7 Å². The number of ether oxygens (including phenoxy) is 3. The Labute approximate surface area is 174 Å². The van der Waals surface area contributed by atoms with Crippen LogP contribution in [0.5, 0.6) is 0 Å². The van der Waals surface area contributed by atoms with Crippen LogP contribution in [0.15, 0.2) is 12.7 Å². The van der Waals surface area contributed by atoms with E-state index in [0.29, 0.717) is 11.9 Å². The lowest BCUT2D eigenvalue weighted by Crippen LogP contribution is -2.30. The monoisotopic (exact) mass is 419 g/mol. The summed E-state index contributed by atoms with van der Waals surface area (Å²) in [6.45, 7) is 3.83. The largest absolute Gasteiger partial charge is 0.365 e. The van der Waals surface area contributed by atoms with Gasteiger partial charge < -0.3 is 19.5 Å². The molecule has 2 aliphatic carbocycles. The number of rotatable bonds is 4. The molecule has 0 radical (unpaired) electrons. The van der Waals surface area contributed by atoms with Gasteiger partial charge in [-0.3, -0.25) is 4.57 Å². The van der Waals surface area contributed by atoms with Crippen LogP contribution in [0.1, 0.15) is 45.8 Å². The summed E-state index contributed by atoms with van der Waals surface area (Å²) >= 11 is 6.14. The lowest BCUT2D eigenvalue weighted by atomic mass is 9.95. The van der Waals surface area contributed by atoms with Crippen molar-refractivity contribution in [1.29, 1.82) is 0 Å². The highest BCUT2D eigenvalue weighted by Crippen LogP contribution is 2.46. The van der Waals surface area contributed by atoms with Crippen molar-refractivity contribution in [3.8, 4) is 0 Å². The number of nitrogens with one attached hydrogen (secondary N) is 1. The number of halogens is 1. The Morgan fingerprint density at radius 3 is 2.79 bits per heavy atom. The summed E-state index contributed by atoms with van der Waals surface area (Å²) in [6, 6.07) is 0.483. The van der Waals surface area contributed by atoms with Crippen LogP contribution in [0.3, 0.4) is 0 Å². The molecule has 3 unspecified atom stereocenters. The Morgan fingerprint density at radius 2 is 2.03 bits per heavy atom. The van der Waals surface area contributed by atoms with Crippen molar-refractivity contribution in [3.05, 3.63) is 12.7 Å². The normalized spacial score (nSPS) is 40.0. The maximum absolute atomic E-state index is 6.20. The van der Waals surface area contributed by atoms with Crippen LogP contribution in [-0.4, -0.2) is 55.5 Å². The van der Waals surface area contributed by atoms with E-state index in [4.69, 9.17) is 25.8 Å². The second kappa shape index (κ2) is 6.51. The van der Waals surface area contributed by atoms with Gasteiger partial charge in [0.1, 0.15) is 24.6 Å². The van der Waals surface area contributed by atoms with Gasteiger partial charge in [0.2, 0.25) is 0 Å². The van der Waals surface area contributed by atoms with E-state index in [1.807, 2.05) is 18.4 Å². The van der Waals surface area contributed by atoms with Gasteiger partial charge in [-0.15, -0.1) is 11.6 Å². The molecule has 9 heteroatoms. The number of imidazole rings is 1. The predicted molar refractivity (Wildman–Crippen MR) is 107 cm³/mol. The van der Waals surface area contributed by atoms with Crippen LogP contribution in [0, 0.1) is 11.8 Å². The number of aromatic nitrogens is 4. The quantitative estimate of drug-likeness (QED) is 0.762. The van der Waals surface area contributed by atoms with Gasteiger partial charge in [-0.1, -0.05) is 6.42 Å². The molecule has 0 aromatic carbocycles. The van der Waals surface area contributed by atoms with Crippen molar-refractivity contribution in [3.63, 3.8) is 0 Å². The summed E-state index contributed by atoms with van der Waals surface area (Å²) in [7, 11) is 0. The molecule has 1 N–H and O–H groups in total. The maximum atomic E-state index is 6.20. The molecule has 4 fully saturated rings. The fourth-order valence-corrected chi connectivity index (χ4v) is 6.00. The molecule has 2 aromatic heterocycles. The maximum Gasteiger partial charge on any atom is 0.167 e.